The molecule has 3 rings (SSSR count). The zero-order chi connectivity index (χ0) is 20.1. The lowest BCUT2D eigenvalue weighted by molar-refractivity contribution is -0.386. The molecule has 28 heavy (non-hydrogen) atoms. The van der Waals surface area contributed by atoms with Crippen LogP contribution in [0, 0.1) is 10.1 Å². The molecule has 0 bridgehead atoms. The van der Waals surface area contributed by atoms with Crippen LogP contribution in [0.25, 0.3) is 0 Å². The number of nitro groups is 1. The van der Waals surface area contributed by atoms with Crippen molar-refractivity contribution < 1.29 is 27.6 Å². The summed E-state index contributed by atoms with van der Waals surface area (Å²) in [5.74, 6) is 0.421. The number of halogens is 3. The van der Waals surface area contributed by atoms with Crippen molar-refractivity contribution in [3.63, 3.8) is 0 Å². The summed E-state index contributed by atoms with van der Waals surface area (Å²) in [4.78, 5) is 14.2. The van der Waals surface area contributed by atoms with Gasteiger partial charge in [-0.1, -0.05) is 18.2 Å². The molecular weight excluding hydrogens is 377 g/mol. The predicted molar refractivity (Wildman–Crippen MR) is 93.2 cm³/mol. The van der Waals surface area contributed by atoms with Crippen LogP contribution in [0.5, 0.6) is 17.4 Å². The molecule has 0 amide bonds. The van der Waals surface area contributed by atoms with Gasteiger partial charge in [0.05, 0.1) is 10.5 Å². The molecule has 0 N–H and O–H groups in total. The standard InChI is InChI=1S/C19H13F3N2O4/c20-19(21,22)16-5-2-1-4-13(16)12-27-14-7-9-15(10-8-14)28-18-17(24(25)26)6-3-11-23-18/h1-11H,12H2. The summed E-state index contributed by atoms with van der Waals surface area (Å²) in [5.41, 5.74) is -1.02. The Hall–Kier alpha value is -3.62. The maximum atomic E-state index is 13.0. The molecule has 1 aromatic heterocycles. The highest BCUT2D eigenvalue weighted by Crippen LogP contribution is 2.33. The molecule has 0 unspecified atom stereocenters. The second kappa shape index (κ2) is 7.95. The maximum absolute atomic E-state index is 13.0. The van der Waals surface area contributed by atoms with E-state index < -0.39 is 16.7 Å². The molecule has 3 aromatic rings. The molecule has 0 aliphatic carbocycles. The number of benzene rings is 2. The van der Waals surface area contributed by atoms with Crippen molar-refractivity contribution in [2.75, 3.05) is 0 Å². The highest BCUT2D eigenvalue weighted by atomic mass is 19.4. The Balaban J connectivity index is 1.69. The van der Waals surface area contributed by atoms with Gasteiger partial charge in [0.15, 0.2) is 0 Å². The zero-order valence-corrected chi connectivity index (χ0v) is 14.2. The smallest absolute Gasteiger partial charge is 0.416 e. The van der Waals surface area contributed by atoms with Gasteiger partial charge in [0, 0.05) is 17.8 Å². The van der Waals surface area contributed by atoms with Crippen LogP contribution in [0.1, 0.15) is 11.1 Å². The lowest BCUT2D eigenvalue weighted by Gasteiger charge is -2.13. The Kier molecular flexibility index (Phi) is 5.44. The quantitative estimate of drug-likeness (QED) is 0.417. The van der Waals surface area contributed by atoms with E-state index in [1.807, 2.05) is 0 Å². The number of ether oxygens (including phenoxy) is 2. The van der Waals surface area contributed by atoms with E-state index in [4.69, 9.17) is 9.47 Å². The van der Waals surface area contributed by atoms with Crippen LogP contribution in [-0.4, -0.2) is 9.91 Å². The van der Waals surface area contributed by atoms with Gasteiger partial charge < -0.3 is 9.47 Å². The Labute approximate surface area is 157 Å². The summed E-state index contributed by atoms with van der Waals surface area (Å²) >= 11 is 0. The van der Waals surface area contributed by atoms with Gasteiger partial charge in [-0.15, -0.1) is 0 Å². The number of pyridine rings is 1. The van der Waals surface area contributed by atoms with Crippen LogP contribution in [0.15, 0.2) is 66.9 Å². The van der Waals surface area contributed by atoms with E-state index in [0.717, 1.165) is 6.07 Å². The summed E-state index contributed by atoms with van der Waals surface area (Å²) in [6.07, 6.45) is -3.10. The maximum Gasteiger partial charge on any atom is 0.416 e. The van der Waals surface area contributed by atoms with Gasteiger partial charge in [-0.3, -0.25) is 10.1 Å². The van der Waals surface area contributed by atoms with Crippen molar-refractivity contribution in [1.82, 2.24) is 4.98 Å². The first-order chi connectivity index (χ1) is 13.3. The van der Waals surface area contributed by atoms with Gasteiger partial charge in [-0.05, 0) is 36.4 Å². The molecule has 0 atom stereocenters. The third-order valence-corrected chi connectivity index (χ3v) is 3.70. The first-order valence-corrected chi connectivity index (χ1v) is 8.00. The lowest BCUT2D eigenvalue weighted by atomic mass is 10.1. The molecule has 2 aromatic carbocycles. The summed E-state index contributed by atoms with van der Waals surface area (Å²) in [6.45, 7) is -0.262. The van der Waals surface area contributed by atoms with Crippen LogP contribution in [0.2, 0.25) is 0 Å². The molecule has 0 saturated heterocycles. The van der Waals surface area contributed by atoms with Gasteiger partial charge >= 0.3 is 11.9 Å². The molecule has 0 aliphatic rings. The monoisotopic (exact) mass is 390 g/mol. The third-order valence-electron chi connectivity index (χ3n) is 3.70. The fourth-order valence-electron chi connectivity index (χ4n) is 2.40. The van der Waals surface area contributed by atoms with E-state index in [1.54, 1.807) is 0 Å². The van der Waals surface area contributed by atoms with E-state index in [-0.39, 0.29) is 29.5 Å². The highest BCUT2D eigenvalue weighted by Gasteiger charge is 2.32. The number of nitrogens with zero attached hydrogens (tertiary/aromatic N) is 2. The highest BCUT2D eigenvalue weighted by molar-refractivity contribution is 5.43. The van der Waals surface area contributed by atoms with Crippen LogP contribution >= 0.6 is 0 Å². The number of alkyl halides is 3. The van der Waals surface area contributed by atoms with Gasteiger partial charge in [-0.25, -0.2) is 4.98 Å². The van der Waals surface area contributed by atoms with Gasteiger partial charge in [0.2, 0.25) is 0 Å². The van der Waals surface area contributed by atoms with Crippen LogP contribution < -0.4 is 9.47 Å². The molecular formula is C19H13F3N2O4. The molecule has 1 heterocycles. The van der Waals surface area contributed by atoms with E-state index in [0.29, 0.717) is 5.75 Å². The van der Waals surface area contributed by atoms with E-state index >= 15 is 0 Å². The van der Waals surface area contributed by atoms with E-state index in [2.05, 4.69) is 4.98 Å². The number of hydrogen-bond donors (Lipinski definition) is 0. The van der Waals surface area contributed by atoms with Crippen molar-refractivity contribution >= 4 is 5.69 Å². The summed E-state index contributed by atoms with van der Waals surface area (Å²) in [5, 5.41) is 11.0. The molecule has 0 saturated carbocycles. The zero-order valence-electron chi connectivity index (χ0n) is 14.2. The number of aromatic nitrogens is 1. The Morgan fingerprint density at radius 3 is 2.32 bits per heavy atom. The number of hydrogen-bond acceptors (Lipinski definition) is 5. The topological polar surface area (TPSA) is 74.5 Å². The third kappa shape index (κ3) is 4.56. The average molecular weight is 390 g/mol. The Bertz CT molecular complexity index is 975. The minimum absolute atomic E-state index is 0.0134. The molecule has 9 heteroatoms. The minimum Gasteiger partial charge on any atom is -0.489 e. The van der Waals surface area contributed by atoms with Crippen LogP contribution in [0.4, 0.5) is 18.9 Å². The van der Waals surface area contributed by atoms with Gasteiger partial charge in [-0.2, -0.15) is 13.2 Å². The number of rotatable bonds is 6. The molecule has 0 fully saturated rings. The SMILES string of the molecule is O=[N+]([O-])c1cccnc1Oc1ccc(OCc2ccccc2C(F)(F)F)cc1. The molecule has 0 radical (unpaired) electrons. The summed E-state index contributed by atoms with van der Waals surface area (Å²) in [6, 6.07) is 13.8. The molecule has 144 valence electrons. The van der Waals surface area contributed by atoms with Crippen LogP contribution in [-0.2, 0) is 12.8 Å². The first-order valence-electron chi connectivity index (χ1n) is 8.00. The fourth-order valence-corrected chi connectivity index (χ4v) is 2.40. The van der Waals surface area contributed by atoms with Crippen molar-refractivity contribution in [1.29, 1.82) is 0 Å². The first kappa shape index (κ1) is 19.2. The summed E-state index contributed by atoms with van der Waals surface area (Å²) in [7, 11) is 0. The van der Waals surface area contributed by atoms with Crippen molar-refractivity contribution in [2.24, 2.45) is 0 Å². The minimum atomic E-state index is -4.46. The fraction of sp³-hybridized carbons (Fsp3) is 0.105. The van der Waals surface area contributed by atoms with Gasteiger partial charge in [0.1, 0.15) is 18.1 Å². The van der Waals surface area contributed by atoms with E-state index in [9.17, 15) is 23.3 Å². The van der Waals surface area contributed by atoms with Crippen molar-refractivity contribution in [3.05, 3.63) is 88.1 Å². The lowest BCUT2D eigenvalue weighted by Crippen LogP contribution is -2.10. The Morgan fingerprint density at radius 2 is 1.64 bits per heavy atom. The predicted octanol–water partition coefficient (Wildman–Crippen LogP) is 5.38. The van der Waals surface area contributed by atoms with Crippen LogP contribution in [0.3, 0.4) is 0 Å². The molecule has 0 spiro atoms. The Morgan fingerprint density at radius 1 is 0.964 bits per heavy atom. The second-order valence-corrected chi connectivity index (χ2v) is 5.60. The van der Waals surface area contributed by atoms with Crippen molar-refractivity contribution in [3.8, 4) is 17.4 Å². The largest absolute Gasteiger partial charge is 0.489 e. The van der Waals surface area contributed by atoms with Gasteiger partial charge in [0.25, 0.3) is 5.88 Å². The van der Waals surface area contributed by atoms with E-state index in [1.165, 1.54) is 60.8 Å². The molecule has 0 aliphatic heterocycles. The second-order valence-electron chi connectivity index (χ2n) is 5.60. The average Bonchev–Trinajstić information content (AvgIpc) is 2.67. The molecule has 6 nitrogen and oxygen atoms in total. The van der Waals surface area contributed by atoms with Crippen molar-refractivity contribution in [2.45, 2.75) is 12.8 Å². The normalized spacial score (nSPS) is 11.1. The summed E-state index contributed by atoms with van der Waals surface area (Å²) < 4.78 is 49.8.